The van der Waals surface area contributed by atoms with Crippen LogP contribution in [0.15, 0.2) is 27.6 Å². The van der Waals surface area contributed by atoms with E-state index in [-0.39, 0.29) is 10.6 Å². The van der Waals surface area contributed by atoms with Gasteiger partial charge in [-0.1, -0.05) is 15.9 Å². The first-order valence-electron chi connectivity index (χ1n) is 4.23. The second-order valence-electron chi connectivity index (χ2n) is 3.03. The Hall–Kier alpha value is -1.10. The summed E-state index contributed by atoms with van der Waals surface area (Å²) >= 11 is 3.13. The number of primary sulfonamides is 1. The summed E-state index contributed by atoms with van der Waals surface area (Å²) in [5.41, 5.74) is 0. The van der Waals surface area contributed by atoms with Crippen molar-refractivity contribution in [2.24, 2.45) is 5.14 Å². The van der Waals surface area contributed by atoms with Crippen molar-refractivity contribution >= 4 is 26.0 Å². The lowest BCUT2D eigenvalue weighted by molar-refractivity contribution is 0.269. The molecule has 86 valence electrons. The van der Waals surface area contributed by atoms with Gasteiger partial charge < -0.3 is 4.74 Å². The highest BCUT2D eigenvalue weighted by Crippen LogP contribution is 2.27. The van der Waals surface area contributed by atoms with Crippen molar-refractivity contribution in [1.82, 2.24) is 0 Å². The molecule has 0 bridgehead atoms. The molecule has 1 aromatic rings. The topological polar surface area (TPSA) is 93.2 Å². The third-order valence-electron chi connectivity index (χ3n) is 1.70. The van der Waals surface area contributed by atoms with Crippen LogP contribution in [0, 0.1) is 11.3 Å². The molecule has 2 N–H and O–H groups in total. The molecule has 1 rings (SSSR count). The van der Waals surface area contributed by atoms with Crippen LogP contribution in [0.25, 0.3) is 0 Å². The first kappa shape index (κ1) is 13.0. The summed E-state index contributed by atoms with van der Waals surface area (Å²) in [6.45, 7) is 1.51. The van der Waals surface area contributed by atoms with Gasteiger partial charge in [0.05, 0.1) is 0 Å². The van der Waals surface area contributed by atoms with E-state index in [4.69, 9.17) is 15.1 Å². The fraction of sp³-hybridized carbons (Fsp3) is 0.222. The largest absolute Gasteiger partial charge is 0.474 e. The van der Waals surface area contributed by atoms with Crippen molar-refractivity contribution in [3.63, 3.8) is 0 Å². The maximum atomic E-state index is 11.3. The van der Waals surface area contributed by atoms with Gasteiger partial charge in [-0.3, -0.25) is 0 Å². The van der Waals surface area contributed by atoms with Gasteiger partial charge in [0.15, 0.2) is 6.10 Å². The molecule has 1 atom stereocenters. The van der Waals surface area contributed by atoms with Crippen LogP contribution in [0.4, 0.5) is 0 Å². The lowest BCUT2D eigenvalue weighted by atomic mass is 10.3. The zero-order chi connectivity index (χ0) is 12.3. The first-order chi connectivity index (χ1) is 7.34. The Morgan fingerprint density at radius 2 is 2.19 bits per heavy atom. The van der Waals surface area contributed by atoms with Gasteiger partial charge in [-0.15, -0.1) is 0 Å². The highest BCUT2D eigenvalue weighted by atomic mass is 79.9. The lowest BCUT2D eigenvalue weighted by Gasteiger charge is -2.11. The Balaban J connectivity index is 3.25. The molecule has 1 unspecified atom stereocenters. The predicted octanol–water partition coefficient (Wildman–Crippen LogP) is 1.39. The monoisotopic (exact) mass is 304 g/mol. The van der Waals surface area contributed by atoms with E-state index in [2.05, 4.69) is 15.9 Å². The molecule has 16 heavy (non-hydrogen) atoms. The number of halogens is 1. The van der Waals surface area contributed by atoms with Gasteiger partial charge in [-0.2, -0.15) is 5.26 Å². The zero-order valence-corrected chi connectivity index (χ0v) is 10.7. The van der Waals surface area contributed by atoms with E-state index >= 15 is 0 Å². The zero-order valence-electron chi connectivity index (χ0n) is 8.34. The minimum atomic E-state index is -3.87. The van der Waals surface area contributed by atoms with Crippen molar-refractivity contribution < 1.29 is 13.2 Å². The molecule has 0 aliphatic carbocycles. The van der Waals surface area contributed by atoms with Crippen molar-refractivity contribution in [3.8, 4) is 11.8 Å². The van der Waals surface area contributed by atoms with Crippen molar-refractivity contribution in [2.75, 3.05) is 0 Å². The van der Waals surface area contributed by atoms with Gasteiger partial charge in [0.1, 0.15) is 16.7 Å². The van der Waals surface area contributed by atoms with Crippen LogP contribution in [-0.4, -0.2) is 14.5 Å². The Bertz CT molecular complexity index is 536. The second kappa shape index (κ2) is 4.82. The number of hydrogen-bond acceptors (Lipinski definition) is 4. The van der Waals surface area contributed by atoms with Crippen LogP contribution in [0.5, 0.6) is 5.75 Å². The summed E-state index contributed by atoms with van der Waals surface area (Å²) < 4.78 is 28.2. The SMILES string of the molecule is CC(C#N)Oc1ccc(Br)cc1S(N)(=O)=O. The molecule has 0 aliphatic heterocycles. The minimum Gasteiger partial charge on any atom is -0.474 e. The third-order valence-corrected chi connectivity index (χ3v) is 3.12. The van der Waals surface area contributed by atoms with Crippen molar-refractivity contribution in [2.45, 2.75) is 17.9 Å². The van der Waals surface area contributed by atoms with Gasteiger partial charge in [-0.25, -0.2) is 13.6 Å². The Kier molecular flexibility index (Phi) is 3.91. The lowest BCUT2D eigenvalue weighted by Crippen LogP contribution is -2.16. The van der Waals surface area contributed by atoms with E-state index in [1.54, 1.807) is 6.07 Å². The van der Waals surface area contributed by atoms with Gasteiger partial charge in [0.25, 0.3) is 0 Å². The molecular weight excluding hydrogens is 296 g/mol. The molecular formula is C9H9BrN2O3S. The maximum Gasteiger partial charge on any atom is 0.241 e. The average molecular weight is 305 g/mol. The van der Waals surface area contributed by atoms with E-state index < -0.39 is 16.1 Å². The van der Waals surface area contributed by atoms with Gasteiger partial charge >= 0.3 is 0 Å². The van der Waals surface area contributed by atoms with Crippen LogP contribution in [0.1, 0.15) is 6.92 Å². The number of ether oxygens (including phenoxy) is 1. The molecule has 7 heteroatoms. The number of nitrogens with two attached hydrogens (primary N) is 1. The molecule has 0 saturated carbocycles. The first-order valence-corrected chi connectivity index (χ1v) is 6.57. The van der Waals surface area contributed by atoms with Gasteiger partial charge in [0, 0.05) is 4.47 Å². The number of hydrogen-bond donors (Lipinski definition) is 1. The fourth-order valence-corrected chi connectivity index (χ4v) is 2.22. The smallest absolute Gasteiger partial charge is 0.241 e. The molecule has 0 aromatic heterocycles. The molecule has 0 spiro atoms. The second-order valence-corrected chi connectivity index (χ2v) is 5.47. The summed E-state index contributed by atoms with van der Waals surface area (Å²) in [4.78, 5) is -0.149. The molecule has 1 aromatic carbocycles. The molecule has 0 heterocycles. The molecule has 0 fully saturated rings. The fourth-order valence-electron chi connectivity index (χ4n) is 1.02. The highest BCUT2D eigenvalue weighted by molar-refractivity contribution is 9.10. The highest BCUT2D eigenvalue weighted by Gasteiger charge is 2.17. The average Bonchev–Trinajstić information content (AvgIpc) is 2.19. The number of nitrogens with zero attached hydrogens (tertiary/aromatic N) is 1. The standard InChI is InChI=1S/C9H9BrN2O3S/c1-6(5-11)15-8-3-2-7(10)4-9(8)16(12,13)14/h2-4,6H,1H3,(H2,12,13,14). The Labute approximate surface area is 102 Å². The van der Waals surface area contributed by atoms with E-state index in [1.807, 2.05) is 6.07 Å². The van der Waals surface area contributed by atoms with Crippen LogP contribution < -0.4 is 9.88 Å². The van der Waals surface area contributed by atoms with Crippen LogP contribution in [-0.2, 0) is 10.0 Å². The van der Waals surface area contributed by atoms with Crippen molar-refractivity contribution in [1.29, 1.82) is 5.26 Å². The van der Waals surface area contributed by atoms with E-state index in [0.29, 0.717) is 4.47 Å². The van der Waals surface area contributed by atoms with Gasteiger partial charge in [-0.05, 0) is 25.1 Å². The summed E-state index contributed by atoms with van der Waals surface area (Å²) in [7, 11) is -3.87. The summed E-state index contributed by atoms with van der Waals surface area (Å²) in [5, 5.41) is 13.6. The van der Waals surface area contributed by atoms with Crippen LogP contribution in [0.2, 0.25) is 0 Å². The summed E-state index contributed by atoms with van der Waals surface area (Å²) in [5.74, 6) is 0.0692. The molecule has 0 aliphatic rings. The normalized spacial score (nSPS) is 12.9. The van der Waals surface area contributed by atoms with Crippen LogP contribution >= 0.6 is 15.9 Å². The summed E-state index contributed by atoms with van der Waals surface area (Å²) in [6.07, 6.45) is -0.748. The quantitative estimate of drug-likeness (QED) is 0.913. The van der Waals surface area contributed by atoms with E-state index in [1.165, 1.54) is 19.1 Å². The Morgan fingerprint density at radius 1 is 1.56 bits per heavy atom. The molecule has 0 radical (unpaired) electrons. The molecule has 0 amide bonds. The number of benzene rings is 1. The molecule has 0 saturated heterocycles. The van der Waals surface area contributed by atoms with E-state index in [9.17, 15) is 8.42 Å². The van der Waals surface area contributed by atoms with E-state index in [0.717, 1.165) is 0 Å². The number of rotatable bonds is 3. The predicted molar refractivity (Wildman–Crippen MR) is 61.2 cm³/mol. The number of nitriles is 1. The van der Waals surface area contributed by atoms with Crippen LogP contribution in [0.3, 0.4) is 0 Å². The van der Waals surface area contributed by atoms with Gasteiger partial charge in [0.2, 0.25) is 10.0 Å². The maximum absolute atomic E-state index is 11.3. The molecule has 5 nitrogen and oxygen atoms in total. The Morgan fingerprint density at radius 3 is 2.69 bits per heavy atom. The minimum absolute atomic E-state index is 0.0692. The number of sulfonamides is 1. The third kappa shape index (κ3) is 3.20. The van der Waals surface area contributed by atoms with Crippen molar-refractivity contribution in [3.05, 3.63) is 22.7 Å². The summed E-state index contributed by atoms with van der Waals surface area (Å²) in [6, 6.07) is 6.21.